The van der Waals surface area contributed by atoms with Gasteiger partial charge in [-0.3, -0.25) is 4.79 Å². The van der Waals surface area contributed by atoms with Crippen LogP contribution in [0.3, 0.4) is 0 Å². The molecule has 0 bridgehead atoms. The lowest BCUT2D eigenvalue weighted by atomic mass is 9.87. The molecule has 25 heavy (non-hydrogen) atoms. The van der Waals surface area contributed by atoms with Crippen LogP contribution in [0, 0.1) is 0 Å². The van der Waals surface area contributed by atoms with Crippen LogP contribution in [-0.2, 0) is 10.2 Å². The van der Waals surface area contributed by atoms with Crippen molar-refractivity contribution in [3.05, 3.63) is 69.7 Å². The number of rotatable bonds is 6. The van der Waals surface area contributed by atoms with Crippen LogP contribution in [0.15, 0.2) is 53.0 Å². The highest BCUT2D eigenvalue weighted by Crippen LogP contribution is 2.22. The molecule has 0 aliphatic heterocycles. The minimum absolute atomic E-state index is 0.0514. The number of hydrogen-bond donors (Lipinski definition) is 0. The fourth-order valence-corrected chi connectivity index (χ4v) is 2.63. The Balaban J connectivity index is 1.78. The summed E-state index contributed by atoms with van der Waals surface area (Å²) in [6, 6.07) is 14.7. The molecule has 0 aliphatic carbocycles. The third-order valence-corrected chi connectivity index (χ3v) is 4.46. The van der Waals surface area contributed by atoms with Gasteiger partial charge in [0.25, 0.3) is 0 Å². The van der Waals surface area contributed by atoms with E-state index in [0.717, 1.165) is 4.47 Å². The zero-order valence-corrected chi connectivity index (χ0v) is 16.4. The highest BCUT2D eigenvalue weighted by molar-refractivity contribution is 9.10. The van der Waals surface area contributed by atoms with Crippen molar-refractivity contribution in [2.24, 2.45) is 0 Å². The summed E-state index contributed by atoms with van der Waals surface area (Å²) in [5, 5.41) is 0. The predicted octanol–water partition coefficient (Wildman–Crippen LogP) is 5.57. The topological polar surface area (TPSA) is 43.4 Å². The molecule has 132 valence electrons. The molecule has 0 atom stereocenters. The summed E-state index contributed by atoms with van der Waals surface area (Å²) in [4.78, 5) is 24.1. The largest absolute Gasteiger partial charge is 0.462 e. The van der Waals surface area contributed by atoms with Gasteiger partial charge >= 0.3 is 5.97 Å². The number of ketones is 1. The van der Waals surface area contributed by atoms with Crippen LogP contribution in [0.2, 0.25) is 0 Å². The summed E-state index contributed by atoms with van der Waals surface area (Å²) in [7, 11) is 0. The van der Waals surface area contributed by atoms with Gasteiger partial charge in [0.1, 0.15) is 0 Å². The van der Waals surface area contributed by atoms with Crippen molar-refractivity contribution >= 4 is 27.7 Å². The normalized spacial score (nSPS) is 11.2. The van der Waals surface area contributed by atoms with Gasteiger partial charge in [-0.05, 0) is 41.7 Å². The number of carbonyl (C=O) groups is 2. The lowest BCUT2D eigenvalue weighted by Crippen LogP contribution is -2.12. The number of ether oxygens (including phenoxy) is 1. The van der Waals surface area contributed by atoms with E-state index in [2.05, 4.69) is 36.7 Å². The SMILES string of the molecule is CC(C)(C)c1ccc(C(=O)OCCCC(=O)c2ccc(Br)cc2)cc1. The molecule has 0 saturated carbocycles. The molecule has 0 unspecified atom stereocenters. The maximum Gasteiger partial charge on any atom is 0.338 e. The molecule has 0 N–H and O–H groups in total. The molecule has 4 heteroatoms. The minimum atomic E-state index is -0.350. The molecular weight excluding hydrogens is 380 g/mol. The van der Waals surface area contributed by atoms with E-state index in [-0.39, 0.29) is 23.8 Å². The molecule has 2 aromatic carbocycles. The lowest BCUT2D eigenvalue weighted by Gasteiger charge is -2.18. The first-order valence-corrected chi connectivity index (χ1v) is 9.13. The Kier molecular flexibility index (Phi) is 6.54. The van der Waals surface area contributed by atoms with Gasteiger partial charge in [0.15, 0.2) is 5.78 Å². The maximum atomic E-state index is 12.0. The fraction of sp³-hybridized carbons (Fsp3) is 0.333. The molecule has 2 aromatic rings. The van der Waals surface area contributed by atoms with Gasteiger partial charge in [0, 0.05) is 16.5 Å². The molecule has 0 aliphatic rings. The van der Waals surface area contributed by atoms with E-state index in [4.69, 9.17) is 4.74 Å². The highest BCUT2D eigenvalue weighted by Gasteiger charge is 2.15. The van der Waals surface area contributed by atoms with Gasteiger partial charge in [0.2, 0.25) is 0 Å². The average molecular weight is 403 g/mol. The number of carbonyl (C=O) groups excluding carboxylic acids is 2. The highest BCUT2D eigenvalue weighted by atomic mass is 79.9. The molecule has 2 rings (SSSR count). The third kappa shape index (κ3) is 5.82. The quantitative estimate of drug-likeness (QED) is 0.360. The van der Waals surface area contributed by atoms with E-state index >= 15 is 0 Å². The molecule has 0 amide bonds. The molecule has 0 fully saturated rings. The summed E-state index contributed by atoms with van der Waals surface area (Å²) >= 11 is 3.34. The van der Waals surface area contributed by atoms with E-state index in [9.17, 15) is 9.59 Å². The second-order valence-corrected chi connectivity index (χ2v) is 7.91. The van der Waals surface area contributed by atoms with Crippen molar-refractivity contribution in [2.45, 2.75) is 39.0 Å². The minimum Gasteiger partial charge on any atom is -0.462 e. The van der Waals surface area contributed by atoms with Crippen molar-refractivity contribution in [3.63, 3.8) is 0 Å². The van der Waals surface area contributed by atoms with Crippen molar-refractivity contribution in [3.8, 4) is 0 Å². The molecule has 0 heterocycles. The van der Waals surface area contributed by atoms with Crippen molar-refractivity contribution in [1.82, 2.24) is 0 Å². The Morgan fingerprint density at radius 2 is 1.48 bits per heavy atom. The van der Waals surface area contributed by atoms with Gasteiger partial charge in [0.05, 0.1) is 12.2 Å². The zero-order chi connectivity index (χ0) is 18.4. The van der Waals surface area contributed by atoms with Crippen LogP contribution in [0.4, 0.5) is 0 Å². The molecule has 0 radical (unpaired) electrons. The first-order valence-electron chi connectivity index (χ1n) is 8.34. The zero-order valence-electron chi connectivity index (χ0n) is 14.8. The van der Waals surface area contributed by atoms with E-state index < -0.39 is 0 Å². The first kappa shape index (κ1) is 19.4. The van der Waals surface area contributed by atoms with Crippen LogP contribution in [0.1, 0.15) is 59.9 Å². The molecule has 0 aromatic heterocycles. The van der Waals surface area contributed by atoms with Crippen molar-refractivity contribution in [1.29, 1.82) is 0 Å². The van der Waals surface area contributed by atoms with Crippen LogP contribution in [-0.4, -0.2) is 18.4 Å². The van der Waals surface area contributed by atoms with Gasteiger partial charge in [-0.25, -0.2) is 4.79 Å². The van der Waals surface area contributed by atoms with Gasteiger partial charge in [-0.2, -0.15) is 0 Å². The Labute approximate surface area is 157 Å². The number of halogens is 1. The summed E-state index contributed by atoms with van der Waals surface area (Å²) in [6.07, 6.45) is 0.874. The standard InChI is InChI=1S/C21H23BrO3/c1-21(2,3)17-10-6-16(7-11-17)20(24)25-14-4-5-19(23)15-8-12-18(22)13-9-15/h6-13H,4-5,14H2,1-3H3. The van der Waals surface area contributed by atoms with Crippen LogP contribution < -0.4 is 0 Å². The lowest BCUT2D eigenvalue weighted by molar-refractivity contribution is 0.0494. The average Bonchev–Trinajstić information content (AvgIpc) is 2.58. The van der Waals surface area contributed by atoms with E-state index in [1.54, 1.807) is 24.3 Å². The van der Waals surface area contributed by atoms with Crippen LogP contribution >= 0.6 is 15.9 Å². The summed E-state index contributed by atoms with van der Waals surface area (Å²) < 4.78 is 6.20. The van der Waals surface area contributed by atoms with Gasteiger partial charge in [-0.1, -0.05) is 61.0 Å². The van der Waals surface area contributed by atoms with E-state index in [1.807, 2.05) is 24.3 Å². The molecular formula is C21H23BrO3. The summed E-state index contributed by atoms with van der Waals surface area (Å²) in [5.74, 6) is -0.297. The molecule has 0 spiro atoms. The number of benzene rings is 2. The smallest absolute Gasteiger partial charge is 0.338 e. The third-order valence-electron chi connectivity index (χ3n) is 3.93. The molecule has 0 saturated heterocycles. The summed E-state index contributed by atoms with van der Waals surface area (Å²) in [5.41, 5.74) is 2.43. The Bertz CT molecular complexity index is 725. The van der Waals surface area contributed by atoms with E-state index in [0.29, 0.717) is 24.0 Å². The predicted molar refractivity (Wildman–Crippen MR) is 103 cm³/mol. The van der Waals surface area contributed by atoms with Crippen molar-refractivity contribution < 1.29 is 14.3 Å². The Hall–Kier alpha value is -1.94. The fourth-order valence-electron chi connectivity index (χ4n) is 2.37. The van der Waals surface area contributed by atoms with E-state index in [1.165, 1.54) is 5.56 Å². The maximum absolute atomic E-state index is 12.0. The first-order chi connectivity index (χ1) is 11.8. The molecule has 3 nitrogen and oxygen atoms in total. The second-order valence-electron chi connectivity index (χ2n) is 7.00. The number of Topliss-reactive ketones (excluding diaryl/α,β-unsaturated/α-hetero) is 1. The van der Waals surface area contributed by atoms with Crippen LogP contribution in [0.5, 0.6) is 0 Å². The summed E-state index contributed by atoms with van der Waals surface area (Å²) in [6.45, 7) is 6.62. The number of hydrogen-bond acceptors (Lipinski definition) is 3. The van der Waals surface area contributed by atoms with Crippen molar-refractivity contribution in [2.75, 3.05) is 6.61 Å². The number of esters is 1. The van der Waals surface area contributed by atoms with Crippen LogP contribution in [0.25, 0.3) is 0 Å². The Morgan fingerprint density at radius 1 is 0.920 bits per heavy atom. The second kappa shape index (κ2) is 8.43. The monoisotopic (exact) mass is 402 g/mol. The van der Waals surface area contributed by atoms with Gasteiger partial charge in [-0.15, -0.1) is 0 Å². The van der Waals surface area contributed by atoms with Gasteiger partial charge < -0.3 is 4.74 Å². The Morgan fingerprint density at radius 3 is 2.04 bits per heavy atom.